The van der Waals surface area contributed by atoms with E-state index in [-0.39, 0.29) is 18.1 Å². The number of aliphatic hydroxyl groups is 1. The fourth-order valence-corrected chi connectivity index (χ4v) is 3.57. The van der Waals surface area contributed by atoms with Crippen molar-refractivity contribution in [1.82, 2.24) is 15.6 Å². The quantitative estimate of drug-likeness (QED) is 0.248. The fourth-order valence-electron chi connectivity index (χ4n) is 3.57. The van der Waals surface area contributed by atoms with E-state index < -0.39 is 11.7 Å². The molecule has 3 rings (SSSR count). The van der Waals surface area contributed by atoms with Crippen molar-refractivity contribution in [2.45, 2.75) is 25.9 Å². The number of aryl methyl sites for hydroxylation is 1. The minimum atomic E-state index is -0.641. The Balaban J connectivity index is 1.27. The Morgan fingerprint density at radius 3 is 2.54 bits per heavy atom. The number of nitriles is 1. The van der Waals surface area contributed by atoms with Crippen LogP contribution in [0.4, 0.5) is 0 Å². The van der Waals surface area contributed by atoms with Gasteiger partial charge in [0.1, 0.15) is 35.8 Å². The topological polar surface area (TPSA) is 136 Å². The maximum Gasteiger partial charge on any atom is 0.266 e. The monoisotopic (exact) mass is 504 g/mol. The molecule has 1 aromatic heterocycles. The zero-order chi connectivity index (χ0) is 26.5. The second-order valence-corrected chi connectivity index (χ2v) is 8.47. The maximum atomic E-state index is 12.0. The summed E-state index contributed by atoms with van der Waals surface area (Å²) in [7, 11) is 0. The van der Waals surface area contributed by atoms with Gasteiger partial charge in [-0.3, -0.25) is 9.59 Å². The second kappa shape index (κ2) is 14.4. The third kappa shape index (κ3) is 9.11. The summed E-state index contributed by atoms with van der Waals surface area (Å²) >= 11 is 0. The van der Waals surface area contributed by atoms with Crippen molar-refractivity contribution in [2.24, 2.45) is 0 Å². The first-order valence-electron chi connectivity index (χ1n) is 12.2. The van der Waals surface area contributed by atoms with Gasteiger partial charge in [-0.05, 0) is 49.2 Å². The summed E-state index contributed by atoms with van der Waals surface area (Å²) in [5.74, 6) is 1.33. The van der Waals surface area contributed by atoms with Crippen LogP contribution < -0.4 is 25.7 Å². The van der Waals surface area contributed by atoms with Crippen LogP contribution in [0.2, 0.25) is 0 Å². The molecule has 0 radical (unpaired) electrons. The molecule has 1 heterocycles. The first kappa shape index (κ1) is 27.5. The van der Waals surface area contributed by atoms with Gasteiger partial charge in [0.25, 0.3) is 5.56 Å². The van der Waals surface area contributed by atoms with Crippen LogP contribution in [-0.4, -0.2) is 54.9 Å². The molecule has 0 aliphatic carbocycles. The number of nitrogens with one attached hydrogen (secondary N) is 3. The molecule has 4 N–H and O–H groups in total. The summed E-state index contributed by atoms with van der Waals surface area (Å²) in [4.78, 5) is 26.4. The van der Waals surface area contributed by atoms with Crippen molar-refractivity contribution in [1.29, 1.82) is 5.26 Å². The van der Waals surface area contributed by atoms with E-state index in [1.165, 1.54) is 0 Å². The van der Waals surface area contributed by atoms with Gasteiger partial charge in [0.2, 0.25) is 5.91 Å². The predicted octanol–water partition coefficient (Wildman–Crippen LogP) is 2.53. The van der Waals surface area contributed by atoms with E-state index in [0.29, 0.717) is 56.3 Å². The van der Waals surface area contributed by atoms with Crippen LogP contribution in [-0.2, 0) is 4.79 Å². The molecular weight excluding hydrogens is 472 g/mol. The molecular formula is C28H32N4O5. The number of rotatable bonds is 14. The Kier molecular flexibility index (Phi) is 10.7. The summed E-state index contributed by atoms with van der Waals surface area (Å²) < 4.78 is 11.2. The van der Waals surface area contributed by atoms with Crippen LogP contribution in [0.15, 0.2) is 65.5 Å². The van der Waals surface area contributed by atoms with Gasteiger partial charge in [0.15, 0.2) is 0 Å². The van der Waals surface area contributed by atoms with Crippen LogP contribution in [0.25, 0.3) is 11.1 Å². The highest BCUT2D eigenvalue weighted by atomic mass is 16.5. The van der Waals surface area contributed by atoms with Crippen molar-refractivity contribution in [3.05, 3.63) is 82.3 Å². The van der Waals surface area contributed by atoms with Crippen LogP contribution in [0.3, 0.4) is 0 Å². The third-order valence-electron chi connectivity index (χ3n) is 5.53. The number of carbonyl (C=O) groups excluding carboxylic acids is 1. The standard InChI is InChI=1S/C28H32N4O5/c1-20-26(16-22(17-29)28(35)32-20)21-9-11-25(12-10-21)36-15-5-8-27(34)31-14-13-30-18-23(33)19-37-24-6-3-2-4-7-24/h2-4,6-7,9-12,16,23,30,33H,5,8,13-15,18-19H2,1H3,(H,31,34)(H,32,35). The smallest absolute Gasteiger partial charge is 0.266 e. The minimum Gasteiger partial charge on any atom is -0.494 e. The largest absolute Gasteiger partial charge is 0.494 e. The van der Waals surface area contributed by atoms with Crippen LogP contribution in [0.5, 0.6) is 11.5 Å². The Hall–Kier alpha value is -4.13. The Morgan fingerprint density at radius 2 is 1.81 bits per heavy atom. The number of pyridine rings is 1. The lowest BCUT2D eigenvalue weighted by Crippen LogP contribution is -2.37. The summed E-state index contributed by atoms with van der Waals surface area (Å²) in [6, 6.07) is 20.2. The predicted molar refractivity (Wildman–Crippen MR) is 141 cm³/mol. The first-order chi connectivity index (χ1) is 18.0. The van der Waals surface area contributed by atoms with Gasteiger partial charge >= 0.3 is 0 Å². The molecule has 9 nitrogen and oxygen atoms in total. The molecule has 194 valence electrons. The SMILES string of the molecule is Cc1[nH]c(=O)c(C#N)cc1-c1ccc(OCCCC(=O)NCCNCC(O)COc2ccccc2)cc1. The zero-order valence-electron chi connectivity index (χ0n) is 20.8. The first-order valence-corrected chi connectivity index (χ1v) is 12.2. The van der Waals surface area contributed by atoms with Gasteiger partial charge in [0, 0.05) is 37.3 Å². The molecule has 37 heavy (non-hydrogen) atoms. The zero-order valence-corrected chi connectivity index (χ0v) is 20.8. The fraction of sp³-hybridized carbons (Fsp3) is 0.321. The highest BCUT2D eigenvalue weighted by Gasteiger charge is 2.08. The number of amides is 1. The summed E-state index contributed by atoms with van der Waals surface area (Å²) in [6.45, 7) is 3.76. The molecule has 3 aromatic rings. The molecule has 0 aliphatic rings. The molecule has 0 aliphatic heterocycles. The van der Waals surface area contributed by atoms with Crippen molar-refractivity contribution in [3.63, 3.8) is 0 Å². The molecule has 0 saturated heterocycles. The van der Waals surface area contributed by atoms with Crippen molar-refractivity contribution < 1.29 is 19.4 Å². The van der Waals surface area contributed by atoms with Crippen molar-refractivity contribution in [3.8, 4) is 28.7 Å². The number of hydrogen-bond acceptors (Lipinski definition) is 7. The molecule has 0 bridgehead atoms. The average Bonchev–Trinajstić information content (AvgIpc) is 2.91. The van der Waals surface area contributed by atoms with Crippen LogP contribution >= 0.6 is 0 Å². The van der Waals surface area contributed by atoms with Crippen molar-refractivity contribution >= 4 is 5.91 Å². The van der Waals surface area contributed by atoms with E-state index in [0.717, 1.165) is 11.1 Å². The molecule has 0 fully saturated rings. The highest BCUT2D eigenvalue weighted by Crippen LogP contribution is 2.24. The lowest BCUT2D eigenvalue weighted by atomic mass is 10.0. The van der Waals surface area contributed by atoms with E-state index in [4.69, 9.17) is 14.7 Å². The number of carbonyl (C=O) groups is 1. The van der Waals surface area contributed by atoms with Gasteiger partial charge in [-0.25, -0.2) is 0 Å². The Bertz CT molecular complexity index is 1240. The van der Waals surface area contributed by atoms with Gasteiger partial charge in [-0.15, -0.1) is 0 Å². The van der Waals surface area contributed by atoms with Crippen molar-refractivity contribution in [2.75, 3.05) is 32.8 Å². The molecule has 1 atom stereocenters. The van der Waals surface area contributed by atoms with Crippen LogP contribution in [0.1, 0.15) is 24.1 Å². The van der Waals surface area contributed by atoms with Gasteiger partial charge < -0.3 is 30.2 Å². The number of ether oxygens (including phenoxy) is 2. The van der Waals surface area contributed by atoms with E-state index in [9.17, 15) is 14.7 Å². The van der Waals surface area contributed by atoms with Gasteiger partial charge in [0.05, 0.1) is 6.61 Å². The summed E-state index contributed by atoms with van der Waals surface area (Å²) in [6.07, 6.45) is 0.276. The number of para-hydroxylation sites is 1. The number of benzene rings is 2. The molecule has 0 spiro atoms. The average molecular weight is 505 g/mol. The molecule has 1 amide bonds. The summed E-state index contributed by atoms with van der Waals surface area (Å²) in [5.41, 5.74) is 2.01. The van der Waals surface area contributed by atoms with Crippen LogP contribution in [0, 0.1) is 18.3 Å². The number of aromatic amines is 1. The van der Waals surface area contributed by atoms with E-state index in [1.54, 1.807) is 13.0 Å². The molecule has 2 aromatic carbocycles. The van der Waals surface area contributed by atoms with E-state index >= 15 is 0 Å². The van der Waals surface area contributed by atoms with E-state index in [1.807, 2.05) is 60.7 Å². The lowest BCUT2D eigenvalue weighted by Gasteiger charge is -2.13. The normalized spacial score (nSPS) is 11.4. The summed E-state index contributed by atoms with van der Waals surface area (Å²) in [5, 5.41) is 25.0. The number of H-pyrrole nitrogens is 1. The number of aromatic nitrogens is 1. The minimum absolute atomic E-state index is 0.0597. The number of hydrogen-bond donors (Lipinski definition) is 4. The number of nitrogens with zero attached hydrogens (tertiary/aromatic N) is 1. The number of aliphatic hydroxyl groups excluding tert-OH is 1. The maximum absolute atomic E-state index is 12.0. The third-order valence-corrected chi connectivity index (χ3v) is 5.53. The Labute approximate surface area is 216 Å². The second-order valence-electron chi connectivity index (χ2n) is 8.47. The molecule has 9 heteroatoms. The molecule has 0 saturated carbocycles. The van der Waals surface area contributed by atoms with E-state index in [2.05, 4.69) is 15.6 Å². The Morgan fingerprint density at radius 1 is 1.08 bits per heavy atom. The van der Waals surface area contributed by atoms with Gasteiger partial charge in [-0.1, -0.05) is 30.3 Å². The van der Waals surface area contributed by atoms with Gasteiger partial charge in [-0.2, -0.15) is 5.26 Å². The molecule has 1 unspecified atom stereocenters. The lowest BCUT2D eigenvalue weighted by molar-refractivity contribution is -0.121. The highest BCUT2D eigenvalue weighted by molar-refractivity contribution is 5.75.